The Hall–Kier alpha value is -2.04. The van der Waals surface area contributed by atoms with Crippen molar-refractivity contribution < 1.29 is 9.15 Å². The average molecular weight is 333 g/mol. The Morgan fingerprint density at radius 1 is 1.00 bits per heavy atom. The molecule has 0 radical (unpaired) electrons. The number of benzene rings is 2. The molecule has 0 fully saturated rings. The lowest BCUT2D eigenvalue weighted by atomic mass is 10.0. The second-order valence-electron chi connectivity index (χ2n) is 5.07. The standard InChI is InChI=1S/C16H10Cl2N2O2/c1-7-5-10-13(16(18)20-19-15(10)17)12-9-6-8(21-2)3-4-11(9)22-14(7)12/h3-6H,1-2H3. The van der Waals surface area contributed by atoms with Gasteiger partial charge in [0.05, 0.1) is 7.11 Å². The van der Waals surface area contributed by atoms with E-state index in [0.717, 1.165) is 44.0 Å². The first-order chi connectivity index (χ1) is 10.6. The zero-order valence-electron chi connectivity index (χ0n) is 11.8. The fourth-order valence-corrected chi connectivity index (χ4v) is 3.21. The Balaban J connectivity index is 2.34. The molecule has 22 heavy (non-hydrogen) atoms. The van der Waals surface area contributed by atoms with Crippen LogP contribution in [-0.2, 0) is 0 Å². The van der Waals surface area contributed by atoms with Gasteiger partial charge in [-0.25, -0.2) is 0 Å². The molecule has 2 aromatic heterocycles. The Morgan fingerprint density at radius 2 is 1.77 bits per heavy atom. The Labute approximate surface area is 135 Å². The van der Waals surface area contributed by atoms with Gasteiger partial charge in [0.2, 0.25) is 0 Å². The Bertz CT molecular complexity index is 1060. The van der Waals surface area contributed by atoms with Gasteiger partial charge in [-0.15, -0.1) is 10.2 Å². The number of halogens is 2. The van der Waals surface area contributed by atoms with Crippen LogP contribution in [0.4, 0.5) is 0 Å². The number of hydrogen-bond acceptors (Lipinski definition) is 4. The number of ether oxygens (including phenoxy) is 1. The minimum absolute atomic E-state index is 0.301. The number of fused-ring (bicyclic) bond motifs is 5. The molecule has 110 valence electrons. The molecule has 0 saturated carbocycles. The third kappa shape index (κ3) is 1.77. The summed E-state index contributed by atoms with van der Waals surface area (Å²) < 4.78 is 11.3. The van der Waals surface area contributed by atoms with E-state index in [4.69, 9.17) is 32.4 Å². The highest BCUT2D eigenvalue weighted by atomic mass is 35.5. The van der Waals surface area contributed by atoms with Gasteiger partial charge in [-0.3, -0.25) is 0 Å². The van der Waals surface area contributed by atoms with Crippen molar-refractivity contribution in [3.05, 3.63) is 40.1 Å². The molecular formula is C16H10Cl2N2O2. The number of furan rings is 1. The van der Waals surface area contributed by atoms with Gasteiger partial charge in [-0.2, -0.15) is 0 Å². The van der Waals surface area contributed by atoms with Crippen molar-refractivity contribution in [3.63, 3.8) is 0 Å². The maximum Gasteiger partial charge on any atom is 0.160 e. The van der Waals surface area contributed by atoms with E-state index >= 15 is 0 Å². The summed E-state index contributed by atoms with van der Waals surface area (Å²) >= 11 is 12.5. The fraction of sp³-hybridized carbons (Fsp3) is 0.125. The Morgan fingerprint density at radius 3 is 2.55 bits per heavy atom. The molecule has 0 saturated heterocycles. The van der Waals surface area contributed by atoms with Crippen LogP contribution < -0.4 is 4.74 Å². The maximum atomic E-state index is 6.29. The van der Waals surface area contributed by atoms with Crippen LogP contribution in [0.2, 0.25) is 10.3 Å². The summed E-state index contributed by atoms with van der Waals surface area (Å²) in [4.78, 5) is 0. The third-order valence-electron chi connectivity index (χ3n) is 3.79. The van der Waals surface area contributed by atoms with E-state index in [-0.39, 0.29) is 0 Å². The van der Waals surface area contributed by atoms with Crippen molar-refractivity contribution in [2.45, 2.75) is 6.92 Å². The zero-order valence-corrected chi connectivity index (χ0v) is 13.3. The number of rotatable bonds is 1. The molecule has 2 heterocycles. The molecule has 0 bridgehead atoms. The molecular weight excluding hydrogens is 323 g/mol. The van der Waals surface area contributed by atoms with Crippen molar-refractivity contribution in [3.8, 4) is 5.75 Å². The lowest BCUT2D eigenvalue weighted by Gasteiger charge is -2.05. The van der Waals surface area contributed by atoms with Crippen LogP contribution in [0.1, 0.15) is 5.56 Å². The van der Waals surface area contributed by atoms with Gasteiger partial charge in [0.25, 0.3) is 0 Å². The highest BCUT2D eigenvalue weighted by Crippen LogP contribution is 2.41. The molecule has 0 atom stereocenters. The summed E-state index contributed by atoms with van der Waals surface area (Å²) in [6, 6.07) is 7.57. The first-order valence-corrected chi connectivity index (χ1v) is 7.37. The molecule has 2 aromatic carbocycles. The number of methoxy groups -OCH3 is 1. The van der Waals surface area contributed by atoms with Crippen LogP contribution in [0.25, 0.3) is 32.7 Å². The van der Waals surface area contributed by atoms with E-state index in [1.165, 1.54) is 0 Å². The molecule has 0 aliphatic rings. The SMILES string of the molecule is COc1ccc2oc3c(C)cc4c(Cl)nnc(Cl)c4c3c2c1. The minimum Gasteiger partial charge on any atom is -0.497 e. The van der Waals surface area contributed by atoms with E-state index in [9.17, 15) is 0 Å². The summed E-state index contributed by atoms with van der Waals surface area (Å²) in [6.07, 6.45) is 0. The van der Waals surface area contributed by atoms with E-state index < -0.39 is 0 Å². The lowest BCUT2D eigenvalue weighted by Crippen LogP contribution is -1.89. The monoisotopic (exact) mass is 332 g/mol. The predicted octanol–water partition coefficient (Wildman–Crippen LogP) is 5.15. The lowest BCUT2D eigenvalue weighted by molar-refractivity contribution is 0.415. The number of aryl methyl sites for hydroxylation is 1. The fourth-order valence-electron chi connectivity index (χ4n) is 2.79. The minimum atomic E-state index is 0.301. The van der Waals surface area contributed by atoms with E-state index in [2.05, 4.69) is 10.2 Å². The molecule has 4 aromatic rings. The first-order valence-electron chi connectivity index (χ1n) is 6.61. The quantitative estimate of drug-likeness (QED) is 0.483. The highest BCUT2D eigenvalue weighted by Gasteiger charge is 2.18. The van der Waals surface area contributed by atoms with Crippen LogP contribution in [0.5, 0.6) is 5.75 Å². The average Bonchev–Trinajstić information content (AvgIpc) is 2.90. The second-order valence-corrected chi connectivity index (χ2v) is 5.78. The largest absolute Gasteiger partial charge is 0.497 e. The molecule has 0 aliphatic heterocycles. The van der Waals surface area contributed by atoms with Gasteiger partial charge >= 0.3 is 0 Å². The van der Waals surface area contributed by atoms with Gasteiger partial charge in [0, 0.05) is 21.5 Å². The van der Waals surface area contributed by atoms with Gasteiger partial charge < -0.3 is 9.15 Å². The topological polar surface area (TPSA) is 48.2 Å². The summed E-state index contributed by atoms with van der Waals surface area (Å²) in [5, 5.41) is 11.7. The summed E-state index contributed by atoms with van der Waals surface area (Å²) in [6.45, 7) is 1.96. The van der Waals surface area contributed by atoms with Crippen molar-refractivity contribution in [2.75, 3.05) is 7.11 Å². The number of aromatic nitrogens is 2. The van der Waals surface area contributed by atoms with Gasteiger partial charge in [-0.05, 0) is 36.8 Å². The third-order valence-corrected chi connectivity index (χ3v) is 4.33. The summed E-state index contributed by atoms with van der Waals surface area (Å²) in [7, 11) is 1.63. The van der Waals surface area contributed by atoms with Crippen molar-refractivity contribution in [1.29, 1.82) is 0 Å². The maximum absolute atomic E-state index is 6.29. The highest BCUT2D eigenvalue weighted by molar-refractivity contribution is 6.42. The second kappa shape index (κ2) is 4.73. The van der Waals surface area contributed by atoms with E-state index in [0.29, 0.717) is 10.3 Å². The van der Waals surface area contributed by atoms with Crippen LogP contribution in [-0.4, -0.2) is 17.3 Å². The Kier molecular flexibility index (Phi) is 2.93. The summed E-state index contributed by atoms with van der Waals surface area (Å²) in [5.74, 6) is 0.745. The molecule has 4 nitrogen and oxygen atoms in total. The smallest absolute Gasteiger partial charge is 0.160 e. The van der Waals surface area contributed by atoms with Gasteiger partial charge in [-0.1, -0.05) is 23.2 Å². The molecule has 0 N–H and O–H groups in total. The summed E-state index contributed by atoms with van der Waals surface area (Å²) in [5.41, 5.74) is 2.49. The van der Waals surface area contributed by atoms with Gasteiger partial charge in [0.1, 0.15) is 16.9 Å². The van der Waals surface area contributed by atoms with Crippen LogP contribution in [0.3, 0.4) is 0 Å². The molecule has 6 heteroatoms. The van der Waals surface area contributed by atoms with Crippen LogP contribution in [0.15, 0.2) is 28.7 Å². The van der Waals surface area contributed by atoms with E-state index in [1.54, 1.807) is 7.11 Å². The van der Waals surface area contributed by atoms with Gasteiger partial charge in [0.15, 0.2) is 10.3 Å². The van der Waals surface area contributed by atoms with Crippen LogP contribution in [0, 0.1) is 6.92 Å². The van der Waals surface area contributed by atoms with Crippen molar-refractivity contribution >= 4 is 55.9 Å². The number of hydrogen-bond donors (Lipinski definition) is 0. The molecule has 0 spiro atoms. The van der Waals surface area contributed by atoms with E-state index in [1.807, 2.05) is 31.2 Å². The molecule has 0 amide bonds. The molecule has 0 aliphatic carbocycles. The van der Waals surface area contributed by atoms with Crippen molar-refractivity contribution in [1.82, 2.24) is 10.2 Å². The predicted molar refractivity (Wildman–Crippen MR) is 88.1 cm³/mol. The number of nitrogens with zero attached hydrogens (tertiary/aromatic N) is 2. The molecule has 0 unspecified atom stereocenters. The first kappa shape index (κ1) is 13.6. The molecule has 4 rings (SSSR count). The van der Waals surface area contributed by atoms with Crippen molar-refractivity contribution in [2.24, 2.45) is 0 Å². The zero-order chi connectivity index (χ0) is 15.4. The normalized spacial score (nSPS) is 11.6. The van der Waals surface area contributed by atoms with Crippen LogP contribution >= 0.6 is 23.2 Å².